The van der Waals surface area contributed by atoms with Gasteiger partial charge in [-0.3, -0.25) is 4.79 Å². The summed E-state index contributed by atoms with van der Waals surface area (Å²) in [6.07, 6.45) is -2.09. The Kier molecular flexibility index (Phi) is 4.43. The molecule has 0 amide bonds. The summed E-state index contributed by atoms with van der Waals surface area (Å²) in [5.74, 6) is -1.04. The van der Waals surface area contributed by atoms with Gasteiger partial charge in [0.1, 0.15) is 0 Å². The number of alkyl halides is 2. The second-order valence-electron chi connectivity index (χ2n) is 5.10. The summed E-state index contributed by atoms with van der Waals surface area (Å²) >= 11 is 0. The Hall–Kier alpha value is -1.45. The number of halogens is 2. The van der Waals surface area contributed by atoms with Crippen LogP contribution in [0.5, 0.6) is 0 Å². The predicted octanol–water partition coefficient (Wildman–Crippen LogP) is 3.49. The SMILES string of the molecule is CC(C)Cc1ccc(C(C)(C(=O)O)C(F)F)cc1. The van der Waals surface area contributed by atoms with E-state index in [0.29, 0.717) is 5.92 Å². The Balaban J connectivity index is 3.06. The van der Waals surface area contributed by atoms with Crippen molar-refractivity contribution in [2.45, 2.75) is 39.0 Å². The Bertz CT molecular complexity index is 412. The highest BCUT2D eigenvalue weighted by atomic mass is 19.3. The number of hydrogen-bond donors (Lipinski definition) is 1. The maximum Gasteiger partial charge on any atom is 0.319 e. The smallest absolute Gasteiger partial charge is 0.319 e. The molecule has 1 aromatic rings. The van der Waals surface area contributed by atoms with E-state index in [1.54, 1.807) is 12.1 Å². The molecule has 1 N–H and O–H groups in total. The van der Waals surface area contributed by atoms with Crippen molar-refractivity contribution >= 4 is 5.97 Å². The Morgan fingerprint density at radius 2 is 1.78 bits per heavy atom. The van der Waals surface area contributed by atoms with Crippen LogP contribution in [0, 0.1) is 5.92 Å². The Morgan fingerprint density at radius 3 is 2.11 bits per heavy atom. The van der Waals surface area contributed by atoms with Crippen LogP contribution in [-0.2, 0) is 16.6 Å². The van der Waals surface area contributed by atoms with Gasteiger partial charge in [-0.1, -0.05) is 38.1 Å². The van der Waals surface area contributed by atoms with E-state index in [1.807, 2.05) is 0 Å². The summed E-state index contributed by atoms with van der Waals surface area (Å²) in [5, 5.41) is 8.99. The standard InChI is InChI=1S/C14H18F2O2/c1-9(2)8-10-4-6-11(7-5-10)14(3,12(15)16)13(17)18/h4-7,9,12H,8H2,1-3H3,(H,17,18). The minimum Gasteiger partial charge on any atom is -0.480 e. The van der Waals surface area contributed by atoms with Crippen molar-refractivity contribution < 1.29 is 18.7 Å². The zero-order valence-electron chi connectivity index (χ0n) is 10.8. The topological polar surface area (TPSA) is 37.3 Å². The second kappa shape index (κ2) is 5.46. The lowest BCUT2D eigenvalue weighted by molar-refractivity contribution is -0.149. The third-order valence-corrected chi connectivity index (χ3v) is 3.08. The van der Waals surface area contributed by atoms with Gasteiger partial charge in [-0.05, 0) is 30.4 Å². The lowest BCUT2D eigenvalue weighted by Crippen LogP contribution is -2.39. The lowest BCUT2D eigenvalue weighted by Gasteiger charge is -2.24. The molecule has 0 spiro atoms. The first-order chi connectivity index (χ1) is 8.28. The fourth-order valence-corrected chi connectivity index (χ4v) is 1.80. The van der Waals surface area contributed by atoms with E-state index >= 15 is 0 Å². The van der Waals surface area contributed by atoms with Crippen molar-refractivity contribution in [3.8, 4) is 0 Å². The third kappa shape index (κ3) is 2.86. The number of carboxylic acids is 1. The lowest BCUT2D eigenvalue weighted by atomic mass is 9.82. The Morgan fingerprint density at radius 1 is 1.28 bits per heavy atom. The van der Waals surface area contributed by atoms with Crippen LogP contribution in [0.4, 0.5) is 8.78 Å². The molecule has 0 aliphatic rings. The third-order valence-electron chi connectivity index (χ3n) is 3.08. The van der Waals surface area contributed by atoms with E-state index in [2.05, 4.69) is 13.8 Å². The summed E-state index contributed by atoms with van der Waals surface area (Å²) in [6, 6.07) is 6.41. The fraction of sp³-hybridized carbons (Fsp3) is 0.500. The second-order valence-corrected chi connectivity index (χ2v) is 5.10. The molecule has 1 unspecified atom stereocenters. The van der Waals surface area contributed by atoms with E-state index in [4.69, 9.17) is 5.11 Å². The van der Waals surface area contributed by atoms with E-state index in [0.717, 1.165) is 18.9 Å². The summed E-state index contributed by atoms with van der Waals surface area (Å²) in [7, 11) is 0. The number of hydrogen-bond acceptors (Lipinski definition) is 1. The van der Waals surface area contributed by atoms with Gasteiger partial charge in [-0.2, -0.15) is 0 Å². The van der Waals surface area contributed by atoms with E-state index in [1.165, 1.54) is 12.1 Å². The van der Waals surface area contributed by atoms with Gasteiger partial charge in [-0.15, -0.1) is 0 Å². The molecule has 1 aromatic carbocycles. The first kappa shape index (κ1) is 14.6. The van der Waals surface area contributed by atoms with Crippen LogP contribution in [-0.4, -0.2) is 17.5 Å². The molecule has 1 rings (SSSR count). The number of carbonyl (C=O) groups is 1. The van der Waals surface area contributed by atoms with E-state index < -0.39 is 17.8 Å². The van der Waals surface area contributed by atoms with Crippen molar-refractivity contribution in [2.24, 2.45) is 5.92 Å². The van der Waals surface area contributed by atoms with Gasteiger partial charge in [0.05, 0.1) is 0 Å². The largest absolute Gasteiger partial charge is 0.480 e. The molecule has 100 valence electrons. The van der Waals surface area contributed by atoms with Gasteiger partial charge in [0.25, 0.3) is 6.43 Å². The normalized spacial score (nSPS) is 14.8. The molecule has 0 aromatic heterocycles. The van der Waals surface area contributed by atoms with E-state index in [-0.39, 0.29) is 5.56 Å². The van der Waals surface area contributed by atoms with Gasteiger partial charge < -0.3 is 5.11 Å². The van der Waals surface area contributed by atoms with Crippen molar-refractivity contribution in [1.82, 2.24) is 0 Å². The molecule has 0 fully saturated rings. The molecule has 1 atom stereocenters. The molecule has 0 saturated carbocycles. The quantitative estimate of drug-likeness (QED) is 0.875. The summed E-state index contributed by atoms with van der Waals surface area (Å²) < 4.78 is 25.9. The van der Waals surface area contributed by atoms with Crippen molar-refractivity contribution in [2.75, 3.05) is 0 Å². The first-order valence-electron chi connectivity index (χ1n) is 5.89. The average molecular weight is 256 g/mol. The summed E-state index contributed by atoms with van der Waals surface area (Å²) in [6.45, 7) is 5.18. The van der Waals surface area contributed by atoms with Crippen LogP contribution in [0.15, 0.2) is 24.3 Å². The fourth-order valence-electron chi connectivity index (χ4n) is 1.80. The Labute approximate surface area is 106 Å². The van der Waals surface area contributed by atoms with Crippen LogP contribution in [0.3, 0.4) is 0 Å². The molecule has 0 radical (unpaired) electrons. The van der Waals surface area contributed by atoms with Gasteiger partial charge in [0, 0.05) is 0 Å². The minimum absolute atomic E-state index is 0.137. The van der Waals surface area contributed by atoms with Crippen LogP contribution in [0.25, 0.3) is 0 Å². The number of benzene rings is 1. The highest BCUT2D eigenvalue weighted by Crippen LogP contribution is 2.31. The molecule has 0 heterocycles. The van der Waals surface area contributed by atoms with E-state index in [9.17, 15) is 13.6 Å². The van der Waals surface area contributed by atoms with Gasteiger partial charge >= 0.3 is 5.97 Å². The number of aliphatic carboxylic acids is 1. The predicted molar refractivity (Wildman–Crippen MR) is 66.0 cm³/mol. The van der Waals surface area contributed by atoms with Crippen LogP contribution in [0.2, 0.25) is 0 Å². The molecule has 18 heavy (non-hydrogen) atoms. The van der Waals surface area contributed by atoms with Gasteiger partial charge in [0.15, 0.2) is 5.41 Å². The van der Waals surface area contributed by atoms with Crippen molar-refractivity contribution in [3.63, 3.8) is 0 Å². The molecule has 0 bridgehead atoms. The highest BCUT2D eigenvalue weighted by molar-refractivity contribution is 5.81. The molecular formula is C14H18F2O2. The van der Waals surface area contributed by atoms with Gasteiger partial charge in [0.2, 0.25) is 0 Å². The monoisotopic (exact) mass is 256 g/mol. The average Bonchev–Trinajstić information content (AvgIpc) is 2.27. The summed E-state index contributed by atoms with van der Waals surface area (Å²) in [4.78, 5) is 11.0. The van der Waals surface area contributed by atoms with Crippen molar-refractivity contribution in [1.29, 1.82) is 0 Å². The molecule has 0 aliphatic carbocycles. The molecule has 2 nitrogen and oxygen atoms in total. The van der Waals surface area contributed by atoms with Crippen LogP contribution in [0.1, 0.15) is 31.9 Å². The summed E-state index contributed by atoms with van der Waals surface area (Å²) in [5.41, 5.74) is -0.982. The maximum absolute atomic E-state index is 12.9. The van der Waals surface area contributed by atoms with Gasteiger partial charge in [-0.25, -0.2) is 8.78 Å². The van der Waals surface area contributed by atoms with Crippen molar-refractivity contribution in [3.05, 3.63) is 35.4 Å². The zero-order valence-corrected chi connectivity index (χ0v) is 10.8. The molecule has 0 aliphatic heterocycles. The molecule has 4 heteroatoms. The highest BCUT2D eigenvalue weighted by Gasteiger charge is 2.44. The number of rotatable bonds is 5. The molecular weight excluding hydrogens is 238 g/mol. The molecule has 0 saturated heterocycles. The van der Waals surface area contributed by atoms with Crippen LogP contribution < -0.4 is 0 Å². The minimum atomic E-state index is -2.94. The number of carboxylic acid groups (broad SMARTS) is 1. The van der Waals surface area contributed by atoms with Crippen LogP contribution >= 0.6 is 0 Å². The zero-order chi connectivity index (χ0) is 13.9. The maximum atomic E-state index is 12.9. The first-order valence-corrected chi connectivity index (χ1v) is 5.89.